The van der Waals surface area contributed by atoms with E-state index in [0.717, 1.165) is 44.5 Å². The number of hydrogen-bond donors (Lipinski definition) is 0. The van der Waals surface area contributed by atoms with Crippen molar-refractivity contribution in [3.63, 3.8) is 0 Å². The third-order valence-electron chi connectivity index (χ3n) is 8.13. The molecule has 2 nitrogen and oxygen atoms in total. The van der Waals surface area contributed by atoms with E-state index >= 15 is 0 Å². The second kappa shape index (κ2) is 10.1. The van der Waals surface area contributed by atoms with E-state index < -0.39 is 0 Å². The van der Waals surface area contributed by atoms with Crippen molar-refractivity contribution in [2.24, 2.45) is 0 Å². The smallest absolute Gasteiger partial charge is 0.0721 e. The minimum Gasteiger partial charge on any atom is -0.256 e. The Morgan fingerprint density at radius 3 is 1.52 bits per heavy atom. The first-order chi connectivity index (χ1) is 20.8. The van der Waals surface area contributed by atoms with Crippen molar-refractivity contribution < 1.29 is 0 Å². The molecule has 8 rings (SSSR count). The van der Waals surface area contributed by atoms with Crippen LogP contribution in [0.2, 0.25) is 0 Å². The lowest BCUT2D eigenvalue weighted by Gasteiger charge is -2.14. The molecule has 8 aromatic rings. The summed E-state index contributed by atoms with van der Waals surface area (Å²) in [6, 6.07) is 53.7. The van der Waals surface area contributed by atoms with Crippen LogP contribution in [-0.4, -0.2) is 9.97 Å². The summed E-state index contributed by atoms with van der Waals surface area (Å²) >= 11 is 0. The van der Waals surface area contributed by atoms with E-state index in [-0.39, 0.29) is 0 Å². The van der Waals surface area contributed by atoms with Gasteiger partial charge in [-0.25, -0.2) is 4.98 Å². The van der Waals surface area contributed by atoms with Gasteiger partial charge in [-0.05, 0) is 68.1 Å². The van der Waals surface area contributed by atoms with Crippen molar-refractivity contribution in [3.05, 3.63) is 158 Å². The summed E-state index contributed by atoms with van der Waals surface area (Å²) in [6.07, 6.45) is 1.89. The van der Waals surface area contributed by atoms with E-state index in [2.05, 4.69) is 151 Å². The maximum absolute atomic E-state index is 5.29. The molecule has 0 amide bonds. The Hall–Kier alpha value is -5.60. The maximum Gasteiger partial charge on any atom is 0.0721 e. The van der Waals surface area contributed by atoms with Gasteiger partial charge in [0.25, 0.3) is 0 Å². The molecule has 0 fully saturated rings. The van der Waals surface area contributed by atoms with Crippen LogP contribution in [0.25, 0.3) is 77.2 Å². The molecule has 0 atom stereocenters. The maximum atomic E-state index is 5.29. The predicted molar refractivity (Wildman–Crippen MR) is 176 cm³/mol. The number of benzene rings is 6. The minimum atomic E-state index is 0.969. The van der Waals surface area contributed by atoms with Crippen molar-refractivity contribution in [2.75, 3.05) is 0 Å². The van der Waals surface area contributed by atoms with Crippen LogP contribution >= 0.6 is 0 Å². The zero-order valence-corrected chi connectivity index (χ0v) is 22.9. The van der Waals surface area contributed by atoms with E-state index in [1.165, 1.54) is 32.7 Å². The molecular weight excluding hydrogens is 508 g/mol. The second-order valence-corrected chi connectivity index (χ2v) is 10.6. The van der Waals surface area contributed by atoms with Crippen molar-refractivity contribution in [2.45, 2.75) is 0 Å². The summed E-state index contributed by atoms with van der Waals surface area (Å²) in [4.78, 5) is 9.84. The summed E-state index contributed by atoms with van der Waals surface area (Å²) in [5, 5.41) is 5.99. The third kappa shape index (κ3) is 4.22. The Morgan fingerprint density at radius 1 is 0.357 bits per heavy atom. The number of rotatable bonds is 4. The molecule has 6 aromatic carbocycles. The van der Waals surface area contributed by atoms with Gasteiger partial charge in [0.05, 0.1) is 16.9 Å². The number of aromatic nitrogens is 2. The standard InChI is InChI=1S/C40H26N2/c1-3-13-32-28(9-1)11-7-16-36(32)39-25-31(26-40(42-39)37-17-8-12-29-10-2-4-14-33(29)37)27-19-21-30(22-20-27)34-23-24-41-38-18-6-5-15-35(34)38/h1-26H. The van der Waals surface area contributed by atoms with Gasteiger partial charge in [0, 0.05) is 22.7 Å². The molecule has 0 N–H and O–H groups in total. The molecule has 2 heteroatoms. The van der Waals surface area contributed by atoms with Crippen molar-refractivity contribution in [1.29, 1.82) is 0 Å². The normalized spacial score (nSPS) is 11.3. The van der Waals surface area contributed by atoms with E-state index in [4.69, 9.17) is 4.98 Å². The van der Waals surface area contributed by atoms with Gasteiger partial charge in [0.1, 0.15) is 0 Å². The van der Waals surface area contributed by atoms with Crippen molar-refractivity contribution in [3.8, 4) is 44.8 Å². The number of para-hydroxylation sites is 1. The lowest BCUT2D eigenvalue weighted by Crippen LogP contribution is -1.93. The minimum absolute atomic E-state index is 0.969. The van der Waals surface area contributed by atoms with Crippen molar-refractivity contribution in [1.82, 2.24) is 9.97 Å². The quantitative estimate of drug-likeness (QED) is 0.224. The highest BCUT2D eigenvalue weighted by atomic mass is 14.7. The van der Waals surface area contributed by atoms with Gasteiger partial charge in [-0.3, -0.25) is 4.98 Å². The largest absolute Gasteiger partial charge is 0.256 e. The molecule has 0 aliphatic rings. The van der Waals surface area contributed by atoms with Gasteiger partial charge in [0.2, 0.25) is 0 Å². The number of hydrogen-bond acceptors (Lipinski definition) is 2. The van der Waals surface area contributed by atoms with Crippen LogP contribution in [0.4, 0.5) is 0 Å². The first-order valence-corrected chi connectivity index (χ1v) is 14.2. The number of fused-ring (bicyclic) bond motifs is 3. The molecule has 0 saturated heterocycles. The molecule has 42 heavy (non-hydrogen) atoms. The van der Waals surface area contributed by atoms with Gasteiger partial charge >= 0.3 is 0 Å². The van der Waals surface area contributed by atoms with Gasteiger partial charge in [-0.1, -0.05) is 127 Å². The molecule has 0 unspecified atom stereocenters. The molecule has 196 valence electrons. The highest BCUT2D eigenvalue weighted by molar-refractivity contribution is 6.00. The summed E-state index contributed by atoms with van der Waals surface area (Å²) in [6.45, 7) is 0. The molecule has 0 saturated carbocycles. The van der Waals surface area contributed by atoms with Crippen LogP contribution in [0.3, 0.4) is 0 Å². The molecule has 0 spiro atoms. The SMILES string of the molecule is c1ccc2c(-c3cc(-c4ccc(-c5ccnc6ccccc56)cc4)cc(-c4cccc5ccccc45)n3)cccc2c1. The Morgan fingerprint density at radius 2 is 0.881 bits per heavy atom. The van der Waals surface area contributed by atoms with Crippen LogP contribution in [0.1, 0.15) is 0 Å². The van der Waals surface area contributed by atoms with E-state index in [1.54, 1.807) is 0 Å². The topological polar surface area (TPSA) is 25.8 Å². The van der Waals surface area contributed by atoms with Gasteiger partial charge in [-0.2, -0.15) is 0 Å². The average Bonchev–Trinajstić information content (AvgIpc) is 3.07. The Balaban J connectivity index is 1.31. The summed E-state index contributed by atoms with van der Waals surface area (Å²) < 4.78 is 0. The molecule has 2 aromatic heterocycles. The van der Waals surface area contributed by atoms with E-state index in [1.807, 2.05) is 12.3 Å². The monoisotopic (exact) mass is 534 g/mol. The zero-order valence-electron chi connectivity index (χ0n) is 22.9. The second-order valence-electron chi connectivity index (χ2n) is 10.6. The van der Waals surface area contributed by atoms with Crippen LogP contribution in [0.15, 0.2) is 158 Å². The van der Waals surface area contributed by atoms with Crippen molar-refractivity contribution >= 4 is 32.4 Å². The fourth-order valence-corrected chi connectivity index (χ4v) is 6.06. The van der Waals surface area contributed by atoms with Gasteiger partial charge in [0.15, 0.2) is 0 Å². The molecule has 2 heterocycles. The number of nitrogens with zero attached hydrogens (tertiary/aromatic N) is 2. The predicted octanol–water partition coefficient (Wildman–Crippen LogP) is 10.6. The zero-order chi connectivity index (χ0) is 27.9. The van der Waals surface area contributed by atoms with Crippen LogP contribution in [0, 0.1) is 0 Å². The lowest BCUT2D eigenvalue weighted by molar-refractivity contribution is 1.33. The average molecular weight is 535 g/mol. The van der Waals surface area contributed by atoms with E-state index in [0.29, 0.717) is 0 Å². The van der Waals surface area contributed by atoms with Gasteiger partial charge in [-0.15, -0.1) is 0 Å². The highest BCUT2D eigenvalue weighted by Crippen LogP contribution is 2.36. The fraction of sp³-hybridized carbons (Fsp3) is 0. The van der Waals surface area contributed by atoms with Crippen LogP contribution < -0.4 is 0 Å². The number of pyridine rings is 2. The summed E-state index contributed by atoms with van der Waals surface area (Å²) in [5.41, 5.74) is 9.88. The van der Waals surface area contributed by atoms with E-state index in [9.17, 15) is 0 Å². The molecular formula is C40H26N2. The molecule has 0 radical (unpaired) electrons. The Labute approximate surface area is 244 Å². The highest BCUT2D eigenvalue weighted by Gasteiger charge is 2.13. The summed E-state index contributed by atoms with van der Waals surface area (Å²) in [7, 11) is 0. The molecule has 0 aliphatic heterocycles. The first-order valence-electron chi connectivity index (χ1n) is 14.2. The van der Waals surface area contributed by atoms with Crippen LogP contribution in [0.5, 0.6) is 0 Å². The lowest BCUT2D eigenvalue weighted by atomic mass is 9.94. The first kappa shape index (κ1) is 24.2. The Bertz CT molecular complexity index is 2130. The fourth-order valence-electron chi connectivity index (χ4n) is 6.06. The molecule has 0 aliphatic carbocycles. The Kier molecular flexibility index (Phi) is 5.82. The molecule has 0 bridgehead atoms. The van der Waals surface area contributed by atoms with Gasteiger partial charge < -0.3 is 0 Å². The van der Waals surface area contributed by atoms with Crippen LogP contribution in [-0.2, 0) is 0 Å². The summed E-state index contributed by atoms with van der Waals surface area (Å²) in [5.74, 6) is 0. The third-order valence-corrected chi connectivity index (χ3v) is 8.13.